The van der Waals surface area contributed by atoms with Gasteiger partial charge in [-0.05, 0) is 36.8 Å². The summed E-state index contributed by atoms with van der Waals surface area (Å²) in [6, 6.07) is 10.4. The van der Waals surface area contributed by atoms with Gasteiger partial charge >= 0.3 is 6.03 Å². The van der Waals surface area contributed by atoms with Crippen molar-refractivity contribution in [3.63, 3.8) is 0 Å². The first-order chi connectivity index (χ1) is 8.65. The lowest BCUT2D eigenvalue weighted by Crippen LogP contribution is -2.20. The standard InChI is InChI=1S/C13H14N4O/c1-9-5-6-10(14)11(8-9)16-13(18)17-12-4-2-3-7-15-12/h2-8H,14H2,1H3,(H2,15,16,17,18). The summed E-state index contributed by atoms with van der Waals surface area (Å²) in [5.74, 6) is 0.487. The largest absolute Gasteiger partial charge is 0.397 e. The molecule has 0 spiro atoms. The van der Waals surface area contributed by atoms with Crippen molar-refractivity contribution in [3.8, 4) is 0 Å². The molecule has 5 heteroatoms. The Kier molecular flexibility index (Phi) is 3.43. The van der Waals surface area contributed by atoms with Gasteiger partial charge < -0.3 is 11.1 Å². The quantitative estimate of drug-likeness (QED) is 0.708. The molecule has 0 aliphatic heterocycles. The minimum Gasteiger partial charge on any atom is -0.397 e. The van der Waals surface area contributed by atoms with Gasteiger partial charge in [0.2, 0.25) is 0 Å². The number of amides is 2. The molecule has 0 radical (unpaired) electrons. The number of aromatic nitrogens is 1. The molecule has 2 aromatic rings. The molecule has 0 bridgehead atoms. The van der Waals surface area contributed by atoms with Crippen molar-refractivity contribution in [2.45, 2.75) is 6.92 Å². The van der Waals surface area contributed by atoms with E-state index in [-0.39, 0.29) is 6.03 Å². The van der Waals surface area contributed by atoms with Crippen LogP contribution in [0.2, 0.25) is 0 Å². The SMILES string of the molecule is Cc1ccc(N)c(NC(=O)Nc2ccccn2)c1. The van der Waals surface area contributed by atoms with Crippen LogP contribution >= 0.6 is 0 Å². The second-order valence-corrected chi connectivity index (χ2v) is 3.88. The van der Waals surface area contributed by atoms with E-state index >= 15 is 0 Å². The fourth-order valence-corrected chi connectivity index (χ4v) is 1.48. The Balaban J connectivity index is 2.05. The third-order valence-corrected chi connectivity index (χ3v) is 2.36. The van der Waals surface area contributed by atoms with E-state index in [0.29, 0.717) is 17.2 Å². The van der Waals surface area contributed by atoms with E-state index in [1.165, 1.54) is 0 Å². The van der Waals surface area contributed by atoms with E-state index in [4.69, 9.17) is 5.73 Å². The van der Waals surface area contributed by atoms with E-state index in [1.54, 1.807) is 30.5 Å². The number of nitrogen functional groups attached to an aromatic ring is 1. The van der Waals surface area contributed by atoms with Crippen LogP contribution in [0.25, 0.3) is 0 Å². The zero-order chi connectivity index (χ0) is 13.0. The molecule has 4 N–H and O–H groups in total. The number of nitrogens with zero attached hydrogens (tertiary/aromatic N) is 1. The second kappa shape index (κ2) is 5.18. The van der Waals surface area contributed by atoms with Crippen LogP contribution in [0, 0.1) is 6.92 Å². The van der Waals surface area contributed by atoms with Crippen molar-refractivity contribution < 1.29 is 4.79 Å². The molecule has 0 saturated heterocycles. The first-order valence-electron chi connectivity index (χ1n) is 5.50. The van der Waals surface area contributed by atoms with Gasteiger partial charge in [-0.1, -0.05) is 12.1 Å². The summed E-state index contributed by atoms with van der Waals surface area (Å²) < 4.78 is 0. The van der Waals surface area contributed by atoms with Crippen molar-refractivity contribution in [1.82, 2.24) is 4.98 Å². The minimum absolute atomic E-state index is 0.369. The number of urea groups is 1. The molecule has 0 atom stereocenters. The maximum atomic E-state index is 11.7. The number of carbonyl (C=O) groups is 1. The predicted molar refractivity (Wildman–Crippen MR) is 72.5 cm³/mol. The summed E-state index contributed by atoms with van der Waals surface area (Å²) in [5, 5.41) is 5.30. The fourth-order valence-electron chi connectivity index (χ4n) is 1.48. The summed E-state index contributed by atoms with van der Waals surface area (Å²) in [7, 11) is 0. The summed E-state index contributed by atoms with van der Waals surface area (Å²) in [4.78, 5) is 15.7. The number of hydrogen-bond donors (Lipinski definition) is 3. The van der Waals surface area contributed by atoms with Crippen LogP contribution in [0.15, 0.2) is 42.6 Å². The predicted octanol–water partition coefficient (Wildman–Crippen LogP) is 2.62. The lowest BCUT2D eigenvalue weighted by molar-refractivity contribution is 0.262. The highest BCUT2D eigenvalue weighted by molar-refractivity contribution is 6.01. The highest BCUT2D eigenvalue weighted by Crippen LogP contribution is 2.19. The molecule has 5 nitrogen and oxygen atoms in total. The smallest absolute Gasteiger partial charge is 0.324 e. The van der Waals surface area contributed by atoms with Crippen molar-refractivity contribution in [2.24, 2.45) is 0 Å². The number of aryl methyl sites for hydroxylation is 1. The van der Waals surface area contributed by atoms with E-state index in [9.17, 15) is 4.79 Å². The zero-order valence-corrected chi connectivity index (χ0v) is 9.97. The van der Waals surface area contributed by atoms with E-state index in [1.807, 2.05) is 19.1 Å². The van der Waals surface area contributed by atoms with Crippen LogP contribution in [-0.2, 0) is 0 Å². The van der Waals surface area contributed by atoms with Gasteiger partial charge in [-0.25, -0.2) is 9.78 Å². The lowest BCUT2D eigenvalue weighted by Gasteiger charge is -2.09. The van der Waals surface area contributed by atoms with Gasteiger partial charge in [0, 0.05) is 6.20 Å². The number of nitrogens with one attached hydrogen (secondary N) is 2. The molecule has 1 aromatic heterocycles. The summed E-state index contributed by atoms with van der Waals surface area (Å²) in [5.41, 5.74) is 7.91. The minimum atomic E-state index is -0.369. The Morgan fingerprint density at radius 2 is 2.06 bits per heavy atom. The number of pyridine rings is 1. The molecule has 18 heavy (non-hydrogen) atoms. The highest BCUT2D eigenvalue weighted by atomic mass is 16.2. The third-order valence-electron chi connectivity index (χ3n) is 2.36. The molecule has 2 rings (SSSR count). The van der Waals surface area contributed by atoms with Crippen molar-refractivity contribution in [1.29, 1.82) is 0 Å². The van der Waals surface area contributed by atoms with Crippen LogP contribution in [0.3, 0.4) is 0 Å². The van der Waals surface area contributed by atoms with Gasteiger partial charge in [0.15, 0.2) is 0 Å². The number of rotatable bonds is 2. The van der Waals surface area contributed by atoms with Crippen molar-refractivity contribution in [2.75, 3.05) is 16.4 Å². The average molecular weight is 242 g/mol. The Hall–Kier alpha value is -2.56. The molecule has 1 heterocycles. The highest BCUT2D eigenvalue weighted by Gasteiger charge is 2.05. The Morgan fingerprint density at radius 3 is 2.78 bits per heavy atom. The zero-order valence-electron chi connectivity index (χ0n) is 9.97. The maximum absolute atomic E-state index is 11.7. The molecule has 92 valence electrons. The van der Waals surface area contributed by atoms with E-state index in [0.717, 1.165) is 5.56 Å². The van der Waals surface area contributed by atoms with E-state index in [2.05, 4.69) is 15.6 Å². The average Bonchev–Trinajstić information content (AvgIpc) is 2.35. The number of anilines is 3. The fraction of sp³-hybridized carbons (Fsp3) is 0.0769. The number of nitrogens with two attached hydrogens (primary N) is 1. The van der Waals surface area contributed by atoms with Crippen LogP contribution < -0.4 is 16.4 Å². The number of carbonyl (C=O) groups excluding carboxylic acids is 1. The molecular formula is C13H14N4O. The molecule has 0 fully saturated rings. The Labute approximate surface area is 105 Å². The molecule has 1 aromatic carbocycles. The second-order valence-electron chi connectivity index (χ2n) is 3.88. The van der Waals surface area contributed by atoms with Gasteiger partial charge in [0.1, 0.15) is 5.82 Å². The van der Waals surface area contributed by atoms with Gasteiger partial charge in [0.05, 0.1) is 11.4 Å². The Morgan fingerprint density at radius 1 is 1.22 bits per heavy atom. The van der Waals surface area contributed by atoms with Crippen LogP contribution in [0.1, 0.15) is 5.56 Å². The van der Waals surface area contributed by atoms with Gasteiger partial charge in [-0.15, -0.1) is 0 Å². The molecule has 0 aliphatic rings. The topological polar surface area (TPSA) is 80.0 Å². The van der Waals surface area contributed by atoms with Crippen LogP contribution in [0.4, 0.5) is 22.0 Å². The molecule has 0 saturated carbocycles. The van der Waals surface area contributed by atoms with Gasteiger partial charge in [-0.2, -0.15) is 0 Å². The Bertz CT molecular complexity index is 554. The van der Waals surface area contributed by atoms with Crippen molar-refractivity contribution >= 4 is 23.2 Å². The molecule has 0 aliphatic carbocycles. The van der Waals surface area contributed by atoms with Crippen LogP contribution in [0.5, 0.6) is 0 Å². The molecule has 0 unspecified atom stereocenters. The molecular weight excluding hydrogens is 228 g/mol. The number of hydrogen-bond acceptors (Lipinski definition) is 3. The van der Waals surface area contributed by atoms with Crippen molar-refractivity contribution in [3.05, 3.63) is 48.2 Å². The van der Waals surface area contributed by atoms with Gasteiger partial charge in [0.25, 0.3) is 0 Å². The molecule has 2 amide bonds. The monoisotopic (exact) mass is 242 g/mol. The lowest BCUT2D eigenvalue weighted by atomic mass is 10.2. The number of benzene rings is 1. The normalized spacial score (nSPS) is 9.83. The maximum Gasteiger partial charge on any atom is 0.324 e. The first-order valence-corrected chi connectivity index (χ1v) is 5.50. The van der Waals surface area contributed by atoms with Gasteiger partial charge in [-0.3, -0.25) is 5.32 Å². The third kappa shape index (κ3) is 2.98. The summed E-state index contributed by atoms with van der Waals surface area (Å²) in [6.07, 6.45) is 1.61. The van der Waals surface area contributed by atoms with Crippen LogP contribution in [-0.4, -0.2) is 11.0 Å². The summed E-state index contributed by atoms with van der Waals surface area (Å²) in [6.45, 7) is 1.93. The first kappa shape index (κ1) is 11.9. The summed E-state index contributed by atoms with van der Waals surface area (Å²) >= 11 is 0. The van der Waals surface area contributed by atoms with E-state index < -0.39 is 0 Å².